The van der Waals surface area contributed by atoms with Crippen LogP contribution in [0.15, 0.2) is 47.6 Å². The van der Waals surface area contributed by atoms with E-state index >= 15 is 0 Å². The Hall–Kier alpha value is -3.15. The molecular weight excluding hydrogens is 314 g/mol. The predicted octanol–water partition coefficient (Wildman–Crippen LogP) is 3.29. The summed E-state index contributed by atoms with van der Waals surface area (Å²) in [6, 6.07) is 14.0. The summed E-state index contributed by atoms with van der Waals surface area (Å²) < 4.78 is 1.98. The van der Waals surface area contributed by atoms with E-state index in [-0.39, 0.29) is 5.91 Å². The molecule has 0 fully saturated rings. The van der Waals surface area contributed by atoms with Crippen LogP contribution >= 0.6 is 0 Å². The number of rotatable bonds is 3. The van der Waals surface area contributed by atoms with Gasteiger partial charge in [0.1, 0.15) is 0 Å². The van der Waals surface area contributed by atoms with Crippen molar-refractivity contribution in [2.75, 3.05) is 10.7 Å². The Kier molecular flexibility index (Phi) is 3.72. The summed E-state index contributed by atoms with van der Waals surface area (Å²) in [4.78, 5) is 16.0. The molecule has 0 saturated carbocycles. The summed E-state index contributed by atoms with van der Waals surface area (Å²) in [7, 11) is 1.96. The van der Waals surface area contributed by atoms with Gasteiger partial charge in [0, 0.05) is 19.2 Å². The van der Waals surface area contributed by atoms with Crippen LogP contribution in [-0.2, 0) is 18.3 Å². The molecule has 3 aromatic rings. The minimum absolute atomic E-state index is 0.0779. The molecule has 6 heteroatoms. The highest BCUT2D eigenvalue weighted by Crippen LogP contribution is 2.24. The van der Waals surface area contributed by atoms with Crippen LogP contribution < -0.4 is 10.7 Å². The third-order valence-corrected chi connectivity index (χ3v) is 4.53. The van der Waals surface area contributed by atoms with E-state index < -0.39 is 0 Å². The largest absolute Gasteiger partial charge is 0.326 e. The van der Waals surface area contributed by atoms with Gasteiger partial charge in [0.25, 0.3) is 0 Å². The number of aryl methyl sites for hydroxylation is 2. The molecule has 1 amide bonds. The third kappa shape index (κ3) is 2.87. The monoisotopic (exact) mass is 333 g/mol. The Balaban J connectivity index is 1.59. The van der Waals surface area contributed by atoms with Crippen LogP contribution in [0.5, 0.6) is 0 Å². The average molecular weight is 333 g/mol. The van der Waals surface area contributed by atoms with Gasteiger partial charge in [0.05, 0.1) is 16.7 Å². The molecule has 0 saturated heterocycles. The number of imidazole rings is 1. The molecule has 1 aliphatic heterocycles. The lowest BCUT2D eigenvalue weighted by Gasteiger charge is -2.17. The molecule has 4 rings (SSSR count). The maximum atomic E-state index is 11.5. The van der Waals surface area contributed by atoms with E-state index in [1.807, 2.05) is 54.9 Å². The molecule has 0 atom stereocenters. The molecule has 2 aromatic carbocycles. The topological polar surface area (TPSA) is 71.3 Å². The predicted molar refractivity (Wildman–Crippen MR) is 99.9 cm³/mol. The van der Waals surface area contributed by atoms with Gasteiger partial charge in [-0.25, -0.2) is 10.4 Å². The highest BCUT2D eigenvalue weighted by atomic mass is 16.1. The number of carbonyl (C=O) groups is 1. The number of hydrazone groups is 1. The number of fused-ring (bicyclic) bond motifs is 2. The Bertz CT molecular complexity index is 1000. The number of amides is 1. The molecule has 0 bridgehead atoms. The van der Waals surface area contributed by atoms with Crippen LogP contribution in [0.4, 0.5) is 11.6 Å². The van der Waals surface area contributed by atoms with Crippen molar-refractivity contribution in [3.63, 3.8) is 0 Å². The Morgan fingerprint density at radius 1 is 1.24 bits per heavy atom. The lowest BCUT2D eigenvalue weighted by Crippen LogP contribution is -2.19. The summed E-state index contributed by atoms with van der Waals surface area (Å²) in [5.74, 6) is 0.778. The fourth-order valence-corrected chi connectivity index (χ4v) is 3.05. The molecule has 0 aliphatic carbocycles. The zero-order valence-electron chi connectivity index (χ0n) is 14.2. The minimum atomic E-state index is 0.0779. The lowest BCUT2D eigenvalue weighted by atomic mass is 9.99. The van der Waals surface area contributed by atoms with Crippen molar-refractivity contribution in [1.82, 2.24) is 9.55 Å². The molecular formula is C19H19N5O. The van der Waals surface area contributed by atoms with Crippen LogP contribution in [0.2, 0.25) is 0 Å². The fraction of sp³-hybridized carbons (Fsp3) is 0.211. The molecule has 0 spiro atoms. The number of benzene rings is 2. The van der Waals surface area contributed by atoms with Gasteiger partial charge < -0.3 is 9.88 Å². The van der Waals surface area contributed by atoms with Crippen LogP contribution in [0.3, 0.4) is 0 Å². The first-order chi connectivity index (χ1) is 12.1. The zero-order valence-corrected chi connectivity index (χ0v) is 14.2. The first kappa shape index (κ1) is 15.4. The molecule has 1 aromatic heterocycles. The molecule has 126 valence electrons. The quantitative estimate of drug-likeness (QED) is 0.571. The minimum Gasteiger partial charge on any atom is -0.326 e. The van der Waals surface area contributed by atoms with Gasteiger partial charge in [-0.15, -0.1) is 0 Å². The van der Waals surface area contributed by atoms with Crippen molar-refractivity contribution in [3.05, 3.63) is 53.6 Å². The number of carbonyl (C=O) groups excluding carboxylic acids is 1. The van der Waals surface area contributed by atoms with Crippen LogP contribution in [0.1, 0.15) is 24.5 Å². The maximum Gasteiger partial charge on any atom is 0.224 e. The highest BCUT2D eigenvalue weighted by Gasteiger charge is 2.15. The summed E-state index contributed by atoms with van der Waals surface area (Å²) in [5, 5.41) is 7.38. The number of hydrogen-bond donors (Lipinski definition) is 2. The van der Waals surface area contributed by atoms with E-state index in [1.54, 1.807) is 0 Å². The fourth-order valence-electron chi connectivity index (χ4n) is 3.05. The van der Waals surface area contributed by atoms with Crippen LogP contribution in [0.25, 0.3) is 11.0 Å². The van der Waals surface area contributed by atoms with Crippen molar-refractivity contribution in [1.29, 1.82) is 0 Å². The third-order valence-electron chi connectivity index (χ3n) is 4.53. The SMILES string of the molecule is C/C(=N\Nc1nc2ccccc2n1C)c1ccc2c(c1)CCC(=O)N2. The second-order valence-electron chi connectivity index (χ2n) is 6.21. The number of hydrogen-bond acceptors (Lipinski definition) is 4. The first-order valence-electron chi connectivity index (χ1n) is 8.27. The van der Waals surface area contributed by atoms with Gasteiger partial charge in [-0.1, -0.05) is 18.2 Å². The molecule has 2 N–H and O–H groups in total. The van der Waals surface area contributed by atoms with E-state index in [0.29, 0.717) is 12.4 Å². The zero-order chi connectivity index (χ0) is 17.4. The normalized spacial score (nSPS) is 14.3. The van der Waals surface area contributed by atoms with Crippen molar-refractivity contribution < 1.29 is 4.79 Å². The first-order valence-corrected chi connectivity index (χ1v) is 8.27. The standard InChI is InChI=1S/C19H19N5O/c1-12(13-7-9-15-14(11-13)8-10-18(25)20-15)22-23-19-21-16-5-3-4-6-17(16)24(19)2/h3-7,9,11H,8,10H2,1-2H3,(H,20,25)(H,21,23)/b22-12+. The van der Waals surface area contributed by atoms with Crippen molar-refractivity contribution in [2.45, 2.75) is 19.8 Å². The summed E-state index contributed by atoms with van der Waals surface area (Å²) in [6.45, 7) is 1.96. The van der Waals surface area contributed by atoms with E-state index in [1.165, 1.54) is 0 Å². The Labute approximate surface area is 145 Å². The molecule has 6 nitrogen and oxygen atoms in total. The summed E-state index contributed by atoms with van der Waals surface area (Å²) in [5.41, 5.74) is 8.99. The lowest BCUT2D eigenvalue weighted by molar-refractivity contribution is -0.116. The number of nitrogens with zero attached hydrogens (tertiary/aromatic N) is 3. The van der Waals surface area contributed by atoms with Gasteiger partial charge in [-0.05, 0) is 48.7 Å². The molecule has 2 heterocycles. The molecule has 0 radical (unpaired) electrons. The van der Waals surface area contributed by atoms with Crippen LogP contribution in [0, 0.1) is 0 Å². The summed E-state index contributed by atoms with van der Waals surface area (Å²) in [6.07, 6.45) is 1.30. The van der Waals surface area contributed by atoms with Crippen molar-refractivity contribution >= 4 is 34.3 Å². The highest BCUT2D eigenvalue weighted by molar-refractivity contribution is 6.01. The Morgan fingerprint density at radius 2 is 2.08 bits per heavy atom. The number of para-hydroxylation sites is 2. The average Bonchev–Trinajstić information content (AvgIpc) is 2.95. The van der Waals surface area contributed by atoms with Gasteiger partial charge in [0.15, 0.2) is 0 Å². The maximum absolute atomic E-state index is 11.5. The summed E-state index contributed by atoms with van der Waals surface area (Å²) >= 11 is 0. The van der Waals surface area contributed by atoms with Gasteiger partial charge in [-0.2, -0.15) is 5.10 Å². The molecule has 1 aliphatic rings. The van der Waals surface area contributed by atoms with Crippen molar-refractivity contribution in [2.24, 2.45) is 12.1 Å². The van der Waals surface area contributed by atoms with E-state index in [9.17, 15) is 4.79 Å². The number of nitrogens with one attached hydrogen (secondary N) is 2. The second-order valence-corrected chi connectivity index (χ2v) is 6.21. The van der Waals surface area contributed by atoms with E-state index in [0.717, 1.165) is 40.0 Å². The van der Waals surface area contributed by atoms with Gasteiger partial charge >= 0.3 is 0 Å². The second kappa shape index (κ2) is 6.05. The van der Waals surface area contributed by atoms with Crippen molar-refractivity contribution in [3.8, 4) is 0 Å². The smallest absolute Gasteiger partial charge is 0.224 e. The van der Waals surface area contributed by atoms with E-state index in [2.05, 4.69) is 26.9 Å². The van der Waals surface area contributed by atoms with Gasteiger partial charge in [-0.3, -0.25) is 4.79 Å². The van der Waals surface area contributed by atoms with Gasteiger partial charge in [0.2, 0.25) is 11.9 Å². The number of anilines is 2. The molecule has 0 unspecified atom stereocenters. The van der Waals surface area contributed by atoms with E-state index in [4.69, 9.17) is 0 Å². The number of aromatic nitrogens is 2. The van der Waals surface area contributed by atoms with Crippen LogP contribution in [-0.4, -0.2) is 21.2 Å². The molecule has 25 heavy (non-hydrogen) atoms. The Morgan fingerprint density at radius 3 is 2.92 bits per heavy atom.